The molecule has 0 saturated carbocycles. The summed E-state index contributed by atoms with van der Waals surface area (Å²) in [5.74, 6) is -0.213. The van der Waals surface area contributed by atoms with Crippen molar-refractivity contribution in [2.24, 2.45) is 0 Å². The second kappa shape index (κ2) is 1.26. The van der Waals surface area contributed by atoms with Gasteiger partial charge in [-0.3, -0.25) is 10.1 Å². The molecule has 0 aromatic heterocycles. The van der Waals surface area contributed by atoms with Crippen molar-refractivity contribution < 1.29 is 9.53 Å². The van der Waals surface area contributed by atoms with Crippen LogP contribution in [0, 0.1) is 6.73 Å². The molecule has 0 unspecified atom stereocenters. The number of carbonyl (C=O) groups is 1. The SMILES string of the molecule is O=C1CN[CH]O1. The summed E-state index contributed by atoms with van der Waals surface area (Å²) < 4.78 is 4.28. The third kappa shape index (κ3) is 0.490. The van der Waals surface area contributed by atoms with E-state index in [1.54, 1.807) is 0 Å². The zero-order chi connectivity index (χ0) is 4.41. The van der Waals surface area contributed by atoms with Gasteiger partial charge in [-0.25, -0.2) is 0 Å². The van der Waals surface area contributed by atoms with Crippen LogP contribution >= 0.6 is 0 Å². The highest BCUT2D eigenvalue weighted by Gasteiger charge is 2.07. The molecule has 0 aromatic rings. The summed E-state index contributed by atoms with van der Waals surface area (Å²) in [6.07, 6.45) is 0. The zero-order valence-electron chi connectivity index (χ0n) is 3.10. The lowest BCUT2D eigenvalue weighted by molar-refractivity contribution is -0.134. The Morgan fingerprint density at radius 3 is 3.00 bits per heavy atom. The maximum absolute atomic E-state index is 9.93. The predicted molar refractivity (Wildman–Crippen MR) is 18.4 cm³/mol. The van der Waals surface area contributed by atoms with Crippen LogP contribution in [-0.2, 0) is 9.53 Å². The van der Waals surface area contributed by atoms with Gasteiger partial charge in [-0.2, -0.15) is 0 Å². The van der Waals surface area contributed by atoms with Gasteiger partial charge < -0.3 is 4.74 Å². The fourth-order valence-electron chi connectivity index (χ4n) is 0.274. The van der Waals surface area contributed by atoms with Gasteiger partial charge in [0.2, 0.25) is 6.73 Å². The molecule has 3 nitrogen and oxygen atoms in total. The van der Waals surface area contributed by atoms with Gasteiger partial charge in [0.1, 0.15) is 0 Å². The molecule has 6 heavy (non-hydrogen) atoms. The molecule has 0 bridgehead atoms. The van der Waals surface area contributed by atoms with Gasteiger partial charge in [0.25, 0.3) is 0 Å². The molecular formula is C3H4NO2. The molecule has 1 radical (unpaired) electrons. The average molecular weight is 86.1 g/mol. The lowest BCUT2D eigenvalue weighted by Crippen LogP contribution is -2.05. The van der Waals surface area contributed by atoms with Crippen molar-refractivity contribution >= 4 is 5.97 Å². The Kier molecular flexibility index (Phi) is 0.759. The Hall–Kier alpha value is -0.570. The molecular weight excluding hydrogens is 82.0 g/mol. The van der Waals surface area contributed by atoms with Crippen LogP contribution in [0.3, 0.4) is 0 Å². The molecule has 1 heterocycles. The first-order valence-corrected chi connectivity index (χ1v) is 1.64. The van der Waals surface area contributed by atoms with E-state index in [0.717, 1.165) is 0 Å². The fourth-order valence-corrected chi connectivity index (χ4v) is 0.274. The van der Waals surface area contributed by atoms with E-state index < -0.39 is 0 Å². The first kappa shape index (κ1) is 3.61. The first-order chi connectivity index (χ1) is 2.89. The van der Waals surface area contributed by atoms with Gasteiger partial charge >= 0.3 is 5.97 Å². The summed E-state index contributed by atoms with van der Waals surface area (Å²) in [5, 5.41) is 2.58. The Balaban J connectivity index is 2.37. The molecule has 1 N–H and O–H groups in total. The topological polar surface area (TPSA) is 38.3 Å². The average Bonchev–Trinajstić information content (AvgIpc) is 1.86. The lowest BCUT2D eigenvalue weighted by Gasteiger charge is -1.78. The largest absolute Gasteiger partial charge is 0.440 e. The second-order valence-electron chi connectivity index (χ2n) is 0.989. The molecule has 1 saturated heterocycles. The minimum atomic E-state index is -0.213. The molecule has 1 rings (SSSR count). The Labute approximate surface area is 35.3 Å². The lowest BCUT2D eigenvalue weighted by atomic mass is 10.7. The Bertz CT molecular complexity index is 63.2. The van der Waals surface area contributed by atoms with Gasteiger partial charge in [-0.1, -0.05) is 0 Å². The van der Waals surface area contributed by atoms with Crippen molar-refractivity contribution in [2.75, 3.05) is 6.54 Å². The molecule has 0 aliphatic carbocycles. The van der Waals surface area contributed by atoms with E-state index in [4.69, 9.17) is 0 Å². The highest BCUT2D eigenvalue weighted by Crippen LogP contribution is 1.85. The number of esters is 1. The van der Waals surface area contributed by atoms with Crippen molar-refractivity contribution in [3.05, 3.63) is 6.73 Å². The van der Waals surface area contributed by atoms with E-state index in [9.17, 15) is 4.79 Å². The first-order valence-electron chi connectivity index (χ1n) is 1.64. The molecule has 0 atom stereocenters. The summed E-state index contributed by atoms with van der Waals surface area (Å²) >= 11 is 0. The van der Waals surface area contributed by atoms with Crippen LogP contribution in [0.1, 0.15) is 0 Å². The van der Waals surface area contributed by atoms with Crippen molar-refractivity contribution in [1.82, 2.24) is 5.32 Å². The number of hydrogen-bond donors (Lipinski definition) is 1. The van der Waals surface area contributed by atoms with Crippen molar-refractivity contribution in [1.29, 1.82) is 0 Å². The van der Waals surface area contributed by atoms with Gasteiger partial charge in [-0.05, 0) is 0 Å². The number of carbonyl (C=O) groups excluding carboxylic acids is 1. The summed E-state index contributed by atoms with van der Waals surface area (Å²) in [4.78, 5) is 9.93. The molecule has 3 heteroatoms. The Morgan fingerprint density at radius 2 is 2.83 bits per heavy atom. The van der Waals surface area contributed by atoms with E-state index in [1.165, 1.54) is 6.73 Å². The van der Waals surface area contributed by atoms with Crippen LogP contribution in [0.15, 0.2) is 0 Å². The van der Waals surface area contributed by atoms with E-state index in [0.29, 0.717) is 6.54 Å². The minimum Gasteiger partial charge on any atom is -0.440 e. The molecule has 33 valence electrons. The highest BCUT2D eigenvalue weighted by atomic mass is 16.6. The molecule has 1 aliphatic rings. The number of ether oxygens (including phenoxy) is 1. The summed E-state index contributed by atoms with van der Waals surface area (Å²) in [5.41, 5.74) is 0. The molecule has 1 fully saturated rings. The van der Waals surface area contributed by atoms with Crippen molar-refractivity contribution in [3.8, 4) is 0 Å². The zero-order valence-corrected chi connectivity index (χ0v) is 3.10. The molecule has 0 aromatic carbocycles. The summed E-state index contributed by atoms with van der Waals surface area (Å²) in [6.45, 7) is 1.60. The number of rotatable bonds is 0. The van der Waals surface area contributed by atoms with Crippen LogP contribution in [0.2, 0.25) is 0 Å². The standard InChI is InChI=1S/C3H4NO2/c5-3-1-4-2-6-3/h2,4H,1H2. The normalized spacial score (nSPS) is 21.0. The van der Waals surface area contributed by atoms with Crippen LogP contribution in [0.5, 0.6) is 0 Å². The third-order valence-electron chi connectivity index (χ3n) is 0.520. The van der Waals surface area contributed by atoms with E-state index in [-0.39, 0.29) is 5.97 Å². The summed E-state index contributed by atoms with van der Waals surface area (Å²) in [6, 6.07) is 0. The quantitative estimate of drug-likeness (QED) is 0.394. The van der Waals surface area contributed by atoms with Crippen molar-refractivity contribution in [3.63, 3.8) is 0 Å². The van der Waals surface area contributed by atoms with E-state index >= 15 is 0 Å². The Morgan fingerprint density at radius 1 is 2.00 bits per heavy atom. The maximum Gasteiger partial charge on any atom is 0.321 e. The van der Waals surface area contributed by atoms with Crippen LogP contribution in [0.25, 0.3) is 0 Å². The molecule has 0 spiro atoms. The minimum absolute atomic E-state index is 0.213. The maximum atomic E-state index is 9.93. The number of hydrogen-bond acceptors (Lipinski definition) is 3. The number of nitrogens with one attached hydrogen (secondary N) is 1. The van der Waals surface area contributed by atoms with Gasteiger partial charge in [0.05, 0.1) is 6.54 Å². The third-order valence-corrected chi connectivity index (χ3v) is 0.520. The van der Waals surface area contributed by atoms with E-state index in [1.807, 2.05) is 0 Å². The molecule has 1 aliphatic heterocycles. The van der Waals surface area contributed by atoms with E-state index in [2.05, 4.69) is 10.1 Å². The summed E-state index contributed by atoms with van der Waals surface area (Å²) in [7, 11) is 0. The monoisotopic (exact) mass is 86.0 g/mol. The van der Waals surface area contributed by atoms with Gasteiger partial charge in [0, 0.05) is 0 Å². The molecule has 0 amide bonds. The fraction of sp³-hybridized carbons (Fsp3) is 0.333. The predicted octanol–water partition coefficient (Wildman–Crippen LogP) is -0.748. The van der Waals surface area contributed by atoms with Gasteiger partial charge in [0.15, 0.2) is 0 Å². The van der Waals surface area contributed by atoms with Crippen LogP contribution in [0.4, 0.5) is 0 Å². The highest BCUT2D eigenvalue weighted by molar-refractivity contribution is 5.73. The van der Waals surface area contributed by atoms with Crippen LogP contribution < -0.4 is 5.32 Å². The van der Waals surface area contributed by atoms with Crippen LogP contribution in [-0.4, -0.2) is 12.5 Å². The second-order valence-corrected chi connectivity index (χ2v) is 0.989. The van der Waals surface area contributed by atoms with Crippen molar-refractivity contribution in [2.45, 2.75) is 0 Å². The number of cyclic esters (lactones) is 1. The van der Waals surface area contributed by atoms with Gasteiger partial charge in [-0.15, -0.1) is 0 Å². The smallest absolute Gasteiger partial charge is 0.321 e.